The third kappa shape index (κ3) is 9.65. The van der Waals surface area contributed by atoms with Crippen molar-refractivity contribution in [1.29, 1.82) is 0 Å². The Labute approximate surface area is 354 Å². The number of benzene rings is 5. The zero-order valence-electron chi connectivity index (χ0n) is 34.1. The Bertz CT molecular complexity index is 2540. The fraction of sp³-hybridized carbons (Fsp3) is 0.326. The van der Waals surface area contributed by atoms with E-state index >= 15 is 0 Å². The van der Waals surface area contributed by atoms with Crippen molar-refractivity contribution in [3.05, 3.63) is 108 Å². The van der Waals surface area contributed by atoms with Crippen LogP contribution < -0.4 is 25.0 Å². The van der Waals surface area contributed by atoms with Gasteiger partial charge in [0, 0.05) is 80.7 Å². The van der Waals surface area contributed by atoms with Gasteiger partial charge >= 0.3 is 0 Å². The topological polar surface area (TPSA) is 167 Å². The summed E-state index contributed by atoms with van der Waals surface area (Å²) < 4.78 is 42.6. The number of phenols is 1. The number of sulfone groups is 1. The highest BCUT2D eigenvalue weighted by atomic mass is 32.2. The van der Waals surface area contributed by atoms with Gasteiger partial charge in [0.25, 0.3) is 5.91 Å². The Morgan fingerprint density at radius 3 is 2.34 bits per heavy atom. The maximum atomic E-state index is 13.3. The van der Waals surface area contributed by atoms with E-state index in [1.807, 2.05) is 61.5 Å². The number of phenolic OH excluding ortho intramolecular Hbond substituents is 1. The Hall–Kier alpha value is -6.00. The molecule has 5 aromatic rings. The average Bonchev–Trinajstić information content (AvgIpc) is 3.57. The normalized spacial score (nSPS) is 17.7. The van der Waals surface area contributed by atoms with E-state index in [0.29, 0.717) is 55.5 Å². The number of ether oxygens (including phenoxy) is 3. The Morgan fingerprint density at radius 1 is 0.852 bits per heavy atom. The molecule has 5 aromatic carbocycles. The van der Waals surface area contributed by atoms with Gasteiger partial charge in [0.05, 0.1) is 18.1 Å². The first kappa shape index (κ1) is 41.7. The number of rotatable bonds is 15. The number of fused-ring (bicyclic) bond motifs is 2. The minimum absolute atomic E-state index is 0.142. The summed E-state index contributed by atoms with van der Waals surface area (Å²) in [5.74, 6) is 1.11. The van der Waals surface area contributed by atoms with Gasteiger partial charge in [-0.25, -0.2) is 8.42 Å². The Morgan fingerprint density at radius 2 is 1.61 bits per heavy atom. The van der Waals surface area contributed by atoms with Crippen LogP contribution in [-0.2, 0) is 30.7 Å². The summed E-state index contributed by atoms with van der Waals surface area (Å²) in [4.78, 5) is 43.8. The van der Waals surface area contributed by atoms with Crippen LogP contribution in [0.1, 0.15) is 35.7 Å². The van der Waals surface area contributed by atoms with E-state index < -0.39 is 21.8 Å². The standard InChI is InChI=1S/C46H49N5O9S/c1-30(59-36-9-11-37(12-10-36)60-44-39(15-6-32-27-35(52)8-16-40(32)44)31-4-13-38(14-5-31)61(2,56)57)47-19-25-58-26-24-49-20-22-50(23-21-49)34-7-3-33-29-51(46(55)41(33)28-34)42-17-18-43(53)48-45(42)54/h3-16,27-28,30,42,47,52H,17-26,29H2,1-2H3,(H,48,53,54). The van der Waals surface area contributed by atoms with Gasteiger partial charge in [-0.1, -0.05) is 24.3 Å². The van der Waals surface area contributed by atoms with Crippen molar-refractivity contribution in [2.45, 2.75) is 43.5 Å². The summed E-state index contributed by atoms with van der Waals surface area (Å²) in [6, 6.07) is 28.2. The molecule has 3 amide bonds. The molecule has 0 spiro atoms. The van der Waals surface area contributed by atoms with Crippen molar-refractivity contribution < 1.29 is 42.1 Å². The van der Waals surface area contributed by atoms with E-state index in [1.54, 1.807) is 47.4 Å². The number of piperazine rings is 1. The molecular formula is C46H49N5O9S. The molecule has 14 nitrogen and oxygen atoms in total. The summed E-state index contributed by atoms with van der Waals surface area (Å²) >= 11 is 0. The van der Waals surface area contributed by atoms with Crippen LogP contribution in [-0.4, -0.2) is 112 Å². The number of imide groups is 1. The number of aromatic hydroxyl groups is 1. The van der Waals surface area contributed by atoms with E-state index in [-0.39, 0.29) is 35.1 Å². The fourth-order valence-electron chi connectivity index (χ4n) is 8.06. The molecule has 318 valence electrons. The lowest BCUT2D eigenvalue weighted by molar-refractivity contribution is -0.136. The fourth-order valence-corrected chi connectivity index (χ4v) is 8.69. The summed E-state index contributed by atoms with van der Waals surface area (Å²) in [6.07, 6.45) is 1.49. The first-order valence-electron chi connectivity index (χ1n) is 20.5. The monoisotopic (exact) mass is 847 g/mol. The van der Waals surface area contributed by atoms with Gasteiger partial charge in [-0.3, -0.25) is 29.9 Å². The largest absolute Gasteiger partial charge is 0.508 e. The van der Waals surface area contributed by atoms with Gasteiger partial charge < -0.3 is 29.1 Å². The van der Waals surface area contributed by atoms with Crippen LogP contribution in [0, 0.1) is 0 Å². The van der Waals surface area contributed by atoms with Crippen LogP contribution in [0.15, 0.2) is 102 Å². The maximum Gasteiger partial charge on any atom is 0.255 e. The van der Waals surface area contributed by atoms with Gasteiger partial charge in [0.2, 0.25) is 11.8 Å². The summed E-state index contributed by atoms with van der Waals surface area (Å²) in [7, 11) is -3.34. The van der Waals surface area contributed by atoms with Crippen molar-refractivity contribution in [3.8, 4) is 34.1 Å². The smallest absolute Gasteiger partial charge is 0.255 e. The first-order chi connectivity index (χ1) is 29.4. The molecule has 0 bridgehead atoms. The number of amides is 3. The summed E-state index contributed by atoms with van der Waals surface area (Å²) in [5, 5.41) is 17.4. The number of piperidine rings is 1. The van der Waals surface area contributed by atoms with Crippen molar-refractivity contribution in [3.63, 3.8) is 0 Å². The van der Waals surface area contributed by atoms with Crippen LogP contribution >= 0.6 is 0 Å². The van der Waals surface area contributed by atoms with Crippen LogP contribution in [0.25, 0.3) is 21.9 Å². The molecule has 2 fully saturated rings. The molecule has 2 saturated heterocycles. The molecule has 2 unspecified atom stereocenters. The minimum atomic E-state index is -3.34. The van der Waals surface area contributed by atoms with Gasteiger partial charge in [0.15, 0.2) is 9.84 Å². The first-order valence-corrected chi connectivity index (χ1v) is 22.4. The van der Waals surface area contributed by atoms with E-state index in [4.69, 9.17) is 14.2 Å². The van der Waals surface area contributed by atoms with E-state index in [9.17, 15) is 27.9 Å². The molecule has 3 aliphatic rings. The summed E-state index contributed by atoms with van der Waals surface area (Å²) in [6.45, 7) is 8.27. The number of carbonyl (C=O) groups is 3. The Kier molecular flexibility index (Phi) is 12.3. The molecule has 8 rings (SSSR count). The highest BCUT2D eigenvalue weighted by molar-refractivity contribution is 7.90. The van der Waals surface area contributed by atoms with Crippen LogP contribution in [0.2, 0.25) is 0 Å². The third-order valence-corrected chi connectivity index (χ3v) is 12.5. The van der Waals surface area contributed by atoms with Crippen molar-refractivity contribution in [1.82, 2.24) is 20.4 Å². The molecule has 3 heterocycles. The number of carbonyl (C=O) groups excluding carboxylic acids is 3. The van der Waals surface area contributed by atoms with Crippen molar-refractivity contribution in [2.75, 3.05) is 63.6 Å². The number of hydrogen-bond acceptors (Lipinski definition) is 12. The van der Waals surface area contributed by atoms with Gasteiger partial charge in [0.1, 0.15) is 35.3 Å². The molecule has 0 saturated carbocycles. The molecule has 15 heteroatoms. The number of hydrogen-bond donors (Lipinski definition) is 3. The molecule has 3 aliphatic heterocycles. The van der Waals surface area contributed by atoms with Crippen LogP contribution in [0.3, 0.4) is 0 Å². The molecule has 3 N–H and O–H groups in total. The molecular weight excluding hydrogens is 799 g/mol. The average molecular weight is 848 g/mol. The zero-order chi connectivity index (χ0) is 42.7. The van der Waals surface area contributed by atoms with E-state index in [1.165, 1.54) is 6.26 Å². The second kappa shape index (κ2) is 17.9. The highest BCUT2D eigenvalue weighted by Crippen LogP contribution is 2.41. The lowest BCUT2D eigenvalue weighted by Crippen LogP contribution is -2.52. The van der Waals surface area contributed by atoms with Gasteiger partial charge in [-0.05, 0) is 103 Å². The van der Waals surface area contributed by atoms with Gasteiger partial charge in [-0.15, -0.1) is 0 Å². The predicted octanol–water partition coefficient (Wildman–Crippen LogP) is 5.32. The molecule has 0 radical (unpaired) electrons. The van der Waals surface area contributed by atoms with Crippen molar-refractivity contribution in [2.24, 2.45) is 0 Å². The van der Waals surface area contributed by atoms with Crippen molar-refractivity contribution >= 4 is 44.0 Å². The minimum Gasteiger partial charge on any atom is -0.508 e. The molecule has 2 atom stereocenters. The molecule has 0 aliphatic carbocycles. The third-order valence-electron chi connectivity index (χ3n) is 11.4. The van der Waals surface area contributed by atoms with E-state index in [0.717, 1.165) is 65.9 Å². The number of nitrogens with zero attached hydrogens (tertiary/aromatic N) is 3. The second-order valence-corrected chi connectivity index (χ2v) is 17.6. The molecule has 61 heavy (non-hydrogen) atoms. The maximum absolute atomic E-state index is 13.3. The SMILES string of the molecule is CC(NCCOCCN1CCN(c2ccc3c(c2)C(=O)N(C2CCC(=O)NC2=O)C3)CC1)Oc1ccc(Oc2c(-c3ccc(S(C)(=O)=O)cc3)ccc3cc(O)ccc23)cc1. The van der Waals surface area contributed by atoms with E-state index in [2.05, 4.69) is 20.4 Å². The second-order valence-electron chi connectivity index (χ2n) is 15.6. The predicted molar refractivity (Wildman–Crippen MR) is 231 cm³/mol. The Balaban J connectivity index is 0.761. The quantitative estimate of drug-likeness (QED) is 0.0706. The van der Waals surface area contributed by atoms with Crippen LogP contribution in [0.4, 0.5) is 5.69 Å². The summed E-state index contributed by atoms with van der Waals surface area (Å²) in [5.41, 5.74) is 4.09. The highest BCUT2D eigenvalue weighted by Gasteiger charge is 2.39. The lowest BCUT2D eigenvalue weighted by Gasteiger charge is -2.36. The molecule has 0 aromatic heterocycles. The number of nitrogens with one attached hydrogen (secondary N) is 2. The van der Waals surface area contributed by atoms with Crippen LogP contribution in [0.5, 0.6) is 23.0 Å². The lowest BCUT2D eigenvalue weighted by atomic mass is 9.99. The number of anilines is 1. The zero-order valence-corrected chi connectivity index (χ0v) is 35.0. The van der Waals surface area contributed by atoms with Gasteiger partial charge in [-0.2, -0.15) is 0 Å².